The van der Waals surface area contributed by atoms with Gasteiger partial charge < -0.3 is 19.9 Å². The summed E-state index contributed by atoms with van der Waals surface area (Å²) in [4.78, 5) is 0. The van der Waals surface area contributed by atoms with E-state index >= 15 is 0 Å². The van der Waals surface area contributed by atoms with Crippen LogP contribution in [0, 0.1) is 0 Å². The Hall–Kier alpha value is -1.52. The van der Waals surface area contributed by atoms with Crippen LogP contribution in [0.4, 0.5) is 0 Å². The maximum absolute atomic E-state index is 10.0. The van der Waals surface area contributed by atoms with Crippen LogP contribution in [0.2, 0.25) is 0 Å². The van der Waals surface area contributed by atoms with Crippen molar-refractivity contribution in [2.75, 3.05) is 6.61 Å². The van der Waals surface area contributed by atoms with E-state index in [1.165, 1.54) is 0 Å². The van der Waals surface area contributed by atoms with Gasteiger partial charge in [0, 0.05) is 24.7 Å². The number of rotatable bonds is 4. The second-order valence-corrected chi connectivity index (χ2v) is 4.30. The molecule has 0 saturated carbocycles. The fraction of sp³-hybridized carbons (Fsp3) is 0.385. The zero-order chi connectivity index (χ0) is 12.4. The summed E-state index contributed by atoms with van der Waals surface area (Å²) < 4.78 is 1.91. The third kappa shape index (κ3) is 2.28. The lowest BCUT2D eigenvalue weighted by Gasteiger charge is -2.09. The first-order chi connectivity index (χ1) is 8.13. The van der Waals surface area contributed by atoms with Gasteiger partial charge in [0.1, 0.15) is 5.75 Å². The molecule has 0 aliphatic heterocycles. The Morgan fingerprint density at radius 3 is 2.71 bits per heavy atom. The standard InChI is InChI=1S/C13H17NO3/c1-9(16)8-14-6-4-11-12(14)3-2-10(5-7-15)13(11)17/h2-4,6,9,15-17H,5,7-8H2,1H3. The first-order valence-electron chi connectivity index (χ1n) is 5.72. The summed E-state index contributed by atoms with van der Waals surface area (Å²) >= 11 is 0. The predicted octanol–water partition coefficient (Wildman–Crippen LogP) is 1.26. The normalized spacial score (nSPS) is 13.1. The third-order valence-corrected chi connectivity index (χ3v) is 2.85. The monoisotopic (exact) mass is 235 g/mol. The topological polar surface area (TPSA) is 65.6 Å². The molecule has 17 heavy (non-hydrogen) atoms. The Kier molecular flexibility index (Phi) is 3.36. The van der Waals surface area contributed by atoms with Crippen molar-refractivity contribution in [3.8, 4) is 5.75 Å². The maximum Gasteiger partial charge on any atom is 0.128 e. The highest BCUT2D eigenvalue weighted by Gasteiger charge is 2.10. The van der Waals surface area contributed by atoms with Crippen LogP contribution >= 0.6 is 0 Å². The fourth-order valence-electron chi connectivity index (χ4n) is 2.07. The van der Waals surface area contributed by atoms with Gasteiger partial charge in [-0.1, -0.05) is 6.07 Å². The van der Waals surface area contributed by atoms with Crippen molar-refractivity contribution in [1.29, 1.82) is 0 Å². The molecule has 4 heteroatoms. The van der Waals surface area contributed by atoms with E-state index in [-0.39, 0.29) is 12.4 Å². The molecule has 1 aromatic heterocycles. The summed E-state index contributed by atoms with van der Waals surface area (Å²) in [5.74, 6) is 0.223. The van der Waals surface area contributed by atoms with Crippen LogP contribution < -0.4 is 0 Å². The molecule has 1 aromatic carbocycles. The Morgan fingerprint density at radius 2 is 2.06 bits per heavy atom. The first-order valence-corrected chi connectivity index (χ1v) is 5.72. The number of nitrogens with zero attached hydrogens (tertiary/aromatic N) is 1. The number of hydrogen-bond acceptors (Lipinski definition) is 3. The largest absolute Gasteiger partial charge is 0.507 e. The van der Waals surface area contributed by atoms with E-state index in [0.717, 1.165) is 16.5 Å². The molecule has 2 aromatic rings. The minimum atomic E-state index is -0.426. The molecule has 0 radical (unpaired) electrons. The van der Waals surface area contributed by atoms with E-state index in [9.17, 15) is 10.2 Å². The van der Waals surface area contributed by atoms with E-state index < -0.39 is 6.10 Å². The number of phenolic OH excluding ortho intramolecular Hbond substituents is 1. The zero-order valence-corrected chi connectivity index (χ0v) is 9.80. The van der Waals surface area contributed by atoms with E-state index in [2.05, 4.69) is 0 Å². The van der Waals surface area contributed by atoms with Crippen LogP contribution in [-0.2, 0) is 13.0 Å². The van der Waals surface area contributed by atoms with Crippen LogP contribution in [0.1, 0.15) is 12.5 Å². The number of aromatic hydroxyl groups is 1. The van der Waals surface area contributed by atoms with E-state index in [4.69, 9.17) is 5.11 Å². The second kappa shape index (κ2) is 4.77. The van der Waals surface area contributed by atoms with Crippen LogP contribution in [0.25, 0.3) is 10.9 Å². The number of hydrogen-bond donors (Lipinski definition) is 3. The van der Waals surface area contributed by atoms with Crippen molar-refractivity contribution in [3.63, 3.8) is 0 Å². The van der Waals surface area contributed by atoms with Gasteiger partial charge in [-0.3, -0.25) is 0 Å². The van der Waals surface area contributed by atoms with Gasteiger partial charge in [0.2, 0.25) is 0 Å². The molecule has 4 nitrogen and oxygen atoms in total. The first kappa shape index (κ1) is 12.0. The van der Waals surface area contributed by atoms with Crippen LogP contribution in [0.5, 0.6) is 5.75 Å². The molecule has 0 aliphatic rings. The van der Waals surface area contributed by atoms with Crippen LogP contribution in [0.3, 0.4) is 0 Å². The second-order valence-electron chi connectivity index (χ2n) is 4.30. The molecule has 0 saturated heterocycles. The SMILES string of the molecule is CC(O)Cn1ccc2c(O)c(CCO)ccc21. The summed E-state index contributed by atoms with van der Waals surface area (Å²) in [7, 11) is 0. The minimum absolute atomic E-state index is 0.0213. The molecule has 0 bridgehead atoms. The van der Waals surface area contributed by atoms with E-state index in [0.29, 0.717) is 13.0 Å². The summed E-state index contributed by atoms with van der Waals surface area (Å²) in [6.07, 6.45) is 1.87. The van der Waals surface area contributed by atoms with Crippen molar-refractivity contribution in [2.45, 2.75) is 26.0 Å². The Labute approximate surface area is 99.7 Å². The highest BCUT2D eigenvalue weighted by atomic mass is 16.3. The van der Waals surface area contributed by atoms with Gasteiger partial charge in [0.15, 0.2) is 0 Å². The molecule has 0 aliphatic carbocycles. The number of fused-ring (bicyclic) bond motifs is 1. The Bertz CT molecular complexity index is 517. The smallest absolute Gasteiger partial charge is 0.128 e. The van der Waals surface area contributed by atoms with Gasteiger partial charge >= 0.3 is 0 Å². The summed E-state index contributed by atoms with van der Waals surface area (Å²) in [6.45, 7) is 2.25. The molecular formula is C13H17NO3. The van der Waals surface area contributed by atoms with Crippen LogP contribution in [0.15, 0.2) is 24.4 Å². The summed E-state index contributed by atoms with van der Waals surface area (Å²) in [5, 5.41) is 29.1. The molecule has 0 fully saturated rings. The average molecular weight is 235 g/mol. The minimum Gasteiger partial charge on any atom is -0.507 e. The Balaban J connectivity index is 2.46. The highest BCUT2D eigenvalue weighted by molar-refractivity contribution is 5.87. The van der Waals surface area contributed by atoms with Gasteiger partial charge in [0.05, 0.1) is 11.6 Å². The highest BCUT2D eigenvalue weighted by Crippen LogP contribution is 2.30. The number of benzene rings is 1. The van der Waals surface area contributed by atoms with Crippen molar-refractivity contribution in [2.24, 2.45) is 0 Å². The van der Waals surface area contributed by atoms with Crippen molar-refractivity contribution in [3.05, 3.63) is 30.0 Å². The van der Waals surface area contributed by atoms with E-state index in [1.54, 1.807) is 6.92 Å². The molecule has 2 rings (SSSR count). The molecule has 1 heterocycles. The lowest BCUT2D eigenvalue weighted by Crippen LogP contribution is -2.10. The van der Waals surface area contributed by atoms with Gasteiger partial charge in [-0.15, -0.1) is 0 Å². The van der Waals surface area contributed by atoms with Gasteiger partial charge in [-0.05, 0) is 31.0 Å². The Morgan fingerprint density at radius 1 is 1.29 bits per heavy atom. The molecule has 3 N–H and O–H groups in total. The molecule has 0 spiro atoms. The molecule has 1 unspecified atom stereocenters. The number of aromatic nitrogens is 1. The van der Waals surface area contributed by atoms with Crippen molar-refractivity contribution >= 4 is 10.9 Å². The van der Waals surface area contributed by atoms with Gasteiger partial charge in [0.25, 0.3) is 0 Å². The van der Waals surface area contributed by atoms with Crippen molar-refractivity contribution < 1.29 is 15.3 Å². The zero-order valence-electron chi connectivity index (χ0n) is 9.80. The third-order valence-electron chi connectivity index (χ3n) is 2.85. The maximum atomic E-state index is 10.0. The van der Waals surface area contributed by atoms with Crippen LogP contribution in [-0.4, -0.2) is 32.6 Å². The van der Waals surface area contributed by atoms with Gasteiger partial charge in [-0.2, -0.15) is 0 Å². The van der Waals surface area contributed by atoms with E-state index in [1.807, 2.05) is 29.0 Å². The number of aliphatic hydroxyl groups excluding tert-OH is 2. The molecule has 92 valence electrons. The van der Waals surface area contributed by atoms with Crippen molar-refractivity contribution in [1.82, 2.24) is 4.57 Å². The summed E-state index contributed by atoms with van der Waals surface area (Å²) in [5.41, 5.74) is 1.64. The number of aliphatic hydroxyl groups is 2. The average Bonchev–Trinajstić information content (AvgIpc) is 2.66. The fourth-order valence-corrected chi connectivity index (χ4v) is 2.07. The predicted molar refractivity (Wildman–Crippen MR) is 66.1 cm³/mol. The molecule has 0 amide bonds. The lowest BCUT2D eigenvalue weighted by molar-refractivity contribution is 0.175. The molecule has 1 atom stereocenters. The van der Waals surface area contributed by atoms with Gasteiger partial charge in [-0.25, -0.2) is 0 Å². The lowest BCUT2D eigenvalue weighted by atomic mass is 10.1. The number of phenols is 1. The summed E-state index contributed by atoms with van der Waals surface area (Å²) in [6, 6.07) is 5.54. The quantitative estimate of drug-likeness (QED) is 0.747. The molecular weight excluding hydrogens is 218 g/mol.